The lowest BCUT2D eigenvalue weighted by Gasteiger charge is -2.19. The number of carbonyl (C=O) groups is 2. The molecule has 0 saturated heterocycles. The summed E-state index contributed by atoms with van der Waals surface area (Å²) in [7, 11) is 3.35. The third kappa shape index (κ3) is 4.83. The van der Waals surface area contributed by atoms with Crippen molar-refractivity contribution in [2.45, 2.75) is 6.54 Å². The van der Waals surface area contributed by atoms with E-state index in [1.54, 1.807) is 14.1 Å². The van der Waals surface area contributed by atoms with E-state index in [-0.39, 0.29) is 12.5 Å². The summed E-state index contributed by atoms with van der Waals surface area (Å²) in [5.41, 5.74) is 3.13. The Bertz CT molecular complexity index is 666. The Balaban J connectivity index is 2.05. The monoisotopic (exact) mass is 330 g/mol. The maximum atomic E-state index is 11.7. The van der Waals surface area contributed by atoms with Crippen molar-refractivity contribution in [1.82, 2.24) is 9.80 Å². The number of benzene rings is 2. The fraction of sp³-hybridized carbons (Fsp3) is 0.222. The van der Waals surface area contributed by atoms with Gasteiger partial charge in [-0.1, -0.05) is 48.0 Å². The fourth-order valence-electron chi connectivity index (χ4n) is 2.13. The lowest BCUT2D eigenvalue weighted by atomic mass is 10.0. The standard InChI is InChI=1S/C18H19ClN2O2/c1-20(2)18(23)12-21(13-22)11-14-3-5-15(6-4-14)16-7-9-17(19)10-8-16/h3-10,13H,11-12H2,1-2H3. The van der Waals surface area contributed by atoms with E-state index >= 15 is 0 Å². The SMILES string of the molecule is CN(C)C(=O)CN(C=O)Cc1ccc(-c2ccc(Cl)cc2)cc1. The predicted molar refractivity (Wildman–Crippen MR) is 92.1 cm³/mol. The average molecular weight is 331 g/mol. The van der Waals surface area contributed by atoms with Gasteiger partial charge in [-0.3, -0.25) is 9.59 Å². The van der Waals surface area contributed by atoms with Gasteiger partial charge in [0.05, 0.1) is 6.54 Å². The molecule has 23 heavy (non-hydrogen) atoms. The van der Waals surface area contributed by atoms with E-state index in [0.717, 1.165) is 16.7 Å². The minimum Gasteiger partial charge on any atom is -0.347 e. The van der Waals surface area contributed by atoms with Gasteiger partial charge in [0.15, 0.2) is 0 Å². The van der Waals surface area contributed by atoms with Gasteiger partial charge in [0.1, 0.15) is 0 Å². The third-order valence-corrected chi connectivity index (χ3v) is 3.76. The first kappa shape index (κ1) is 17.0. The van der Waals surface area contributed by atoms with Crippen molar-refractivity contribution in [3.05, 3.63) is 59.1 Å². The van der Waals surface area contributed by atoms with Crippen molar-refractivity contribution in [3.8, 4) is 11.1 Å². The molecule has 2 aromatic carbocycles. The van der Waals surface area contributed by atoms with Crippen LogP contribution in [0.15, 0.2) is 48.5 Å². The molecular formula is C18H19ClN2O2. The van der Waals surface area contributed by atoms with Crippen molar-refractivity contribution in [2.75, 3.05) is 20.6 Å². The molecule has 2 amide bonds. The highest BCUT2D eigenvalue weighted by Crippen LogP contribution is 2.22. The summed E-state index contributed by atoms with van der Waals surface area (Å²) in [5, 5.41) is 0.706. The molecule has 0 aliphatic rings. The summed E-state index contributed by atoms with van der Waals surface area (Å²) in [6, 6.07) is 15.5. The fourth-order valence-corrected chi connectivity index (χ4v) is 2.25. The van der Waals surface area contributed by atoms with Crippen LogP contribution in [0.5, 0.6) is 0 Å². The molecule has 5 heteroatoms. The van der Waals surface area contributed by atoms with Gasteiger partial charge < -0.3 is 9.80 Å². The van der Waals surface area contributed by atoms with Crippen molar-refractivity contribution >= 4 is 23.9 Å². The molecule has 120 valence electrons. The van der Waals surface area contributed by atoms with Gasteiger partial charge in [0.25, 0.3) is 0 Å². The van der Waals surface area contributed by atoms with Crippen LogP contribution in [0.4, 0.5) is 0 Å². The second kappa shape index (κ2) is 7.79. The van der Waals surface area contributed by atoms with Gasteiger partial charge in [0.2, 0.25) is 12.3 Å². The third-order valence-electron chi connectivity index (χ3n) is 3.50. The quantitative estimate of drug-likeness (QED) is 0.764. The van der Waals surface area contributed by atoms with Crippen LogP contribution in [0.1, 0.15) is 5.56 Å². The van der Waals surface area contributed by atoms with Crippen LogP contribution in [0.2, 0.25) is 5.02 Å². The van der Waals surface area contributed by atoms with E-state index in [0.29, 0.717) is 18.0 Å². The van der Waals surface area contributed by atoms with E-state index in [2.05, 4.69) is 0 Å². The zero-order chi connectivity index (χ0) is 16.8. The van der Waals surface area contributed by atoms with E-state index in [9.17, 15) is 9.59 Å². The molecule has 0 bridgehead atoms. The van der Waals surface area contributed by atoms with Gasteiger partial charge in [-0.2, -0.15) is 0 Å². The van der Waals surface area contributed by atoms with E-state index in [4.69, 9.17) is 11.6 Å². The Morgan fingerprint density at radius 2 is 1.52 bits per heavy atom. The van der Waals surface area contributed by atoms with Gasteiger partial charge in [0, 0.05) is 25.7 Å². The smallest absolute Gasteiger partial charge is 0.241 e. The molecule has 2 rings (SSSR count). The highest BCUT2D eigenvalue weighted by atomic mass is 35.5. The first-order valence-corrected chi connectivity index (χ1v) is 7.62. The molecule has 0 fully saturated rings. The molecule has 0 unspecified atom stereocenters. The molecule has 0 N–H and O–H groups in total. The largest absolute Gasteiger partial charge is 0.347 e. The van der Waals surface area contributed by atoms with Crippen LogP contribution in [-0.4, -0.2) is 42.8 Å². The first-order chi connectivity index (χ1) is 11.0. The Labute approximate surface area is 141 Å². The highest BCUT2D eigenvalue weighted by molar-refractivity contribution is 6.30. The molecule has 2 aromatic rings. The number of amides is 2. The van der Waals surface area contributed by atoms with Gasteiger partial charge >= 0.3 is 0 Å². The van der Waals surface area contributed by atoms with E-state index < -0.39 is 0 Å². The molecule has 0 spiro atoms. The number of likely N-dealkylation sites (N-methyl/N-ethyl adjacent to an activating group) is 1. The normalized spacial score (nSPS) is 10.2. The number of halogens is 1. The average Bonchev–Trinajstić information content (AvgIpc) is 2.55. The highest BCUT2D eigenvalue weighted by Gasteiger charge is 2.11. The minimum absolute atomic E-state index is 0.0788. The van der Waals surface area contributed by atoms with Crippen LogP contribution in [0.3, 0.4) is 0 Å². The number of carbonyl (C=O) groups excluding carboxylic acids is 2. The Kier molecular flexibility index (Phi) is 5.77. The molecule has 0 heterocycles. The van der Waals surface area contributed by atoms with Crippen molar-refractivity contribution < 1.29 is 9.59 Å². The second-order valence-corrected chi connectivity index (χ2v) is 5.94. The van der Waals surface area contributed by atoms with Crippen molar-refractivity contribution in [1.29, 1.82) is 0 Å². The summed E-state index contributed by atoms with van der Waals surface area (Å²) < 4.78 is 0. The van der Waals surface area contributed by atoms with Crippen molar-refractivity contribution in [2.24, 2.45) is 0 Å². The zero-order valence-corrected chi connectivity index (χ0v) is 14.0. The second-order valence-electron chi connectivity index (χ2n) is 5.50. The van der Waals surface area contributed by atoms with E-state index in [1.807, 2.05) is 48.5 Å². The predicted octanol–water partition coefficient (Wildman–Crippen LogP) is 3.05. The van der Waals surface area contributed by atoms with Crippen LogP contribution in [0, 0.1) is 0 Å². The Morgan fingerprint density at radius 1 is 1.00 bits per heavy atom. The maximum Gasteiger partial charge on any atom is 0.241 e. The van der Waals surface area contributed by atoms with Crippen LogP contribution >= 0.6 is 11.6 Å². The molecule has 0 radical (unpaired) electrons. The Hall–Kier alpha value is -2.33. The van der Waals surface area contributed by atoms with Crippen LogP contribution in [-0.2, 0) is 16.1 Å². The van der Waals surface area contributed by atoms with Gasteiger partial charge in [-0.05, 0) is 28.8 Å². The summed E-state index contributed by atoms with van der Waals surface area (Å²) in [6.45, 7) is 0.486. The number of nitrogens with zero attached hydrogens (tertiary/aromatic N) is 2. The maximum absolute atomic E-state index is 11.7. The van der Waals surface area contributed by atoms with Gasteiger partial charge in [-0.15, -0.1) is 0 Å². The molecule has 0 aliphatic heterocycles. The van der Waals surface area contributed by atoms with Gasteiger partial charge in [-0.25, -0.2) is 0 Å². The minimum atomic E-state index is -0.102. The number of hydrogen-bond donors (Lipinski definition) is 0. The molecule has 0 atom stereocenters. The number of hydrogen-bond acceptors (Lipinski definition) is 2. The van der Waals surface area contributed by atoms with Crippen LogP contribution < -0.4 is 0 Å². The van der Waals surface area contributed by atoms with Crippen molar-refractivity contribution in [3.63, 3.8) is 0 Å². The molecule has 4 nitrogen and oxygen atoms in total. The lowest BCUT2D eigenvalue weighted by molar-refractivity contribution is -0.133. The van der Waals surface area contributed by atoms with Crippen LogP contribution in [0.25, 0.3) is 11.1 Å². The Morgan fingerprint density at radius 3 is 2.00 bits per heavy atom. The molecule has 0 aliphatic carbocycles. The topological polar surface area (TPSA) is 40.6 Å². The zero-order valence-electron chi connectivity index (χ0n) is 13.2. The molecule has 0 aromatic heterocycles. The summed E-state index contributed by atoms with van der Waals surface area (Å²) in [6.07, 6.45) is 0.703. The first-order valence-electron chi connectivity index (χ1n) is 7.24. The number of rotatable bonds is 6. The summed E-state index contributed by atoms with van der Waals surface area (Å²) >= 11 is 5.89. The molecule has 0 saturated carbocycles. The summed E-state index contributed by atoms with van der Waals surface area (Å²) in [4.78, 5) is 25.7. The molecular weight excluding hydrogens is 312 g/mol. The van der Waals surface area contributed by atoms with E-state index in [1.165, 1.54) is 9.80 Å². The lowest BCUT2D eigenvalue weighted by Crippen LogP contribution is -2.35. The summed E-state index contributed by atoms with van der Waals surface area (Å²) in [5.74, 6) is -0.102.